The van der Waals surface area contributed by atoms with Crippen LogP contribution < -0.4 is 4.74 Å². The fourth-order valence-electron chi connectivity index (χ4n) is 5.00. The third-order valence-electron chi connectivity index (χ3n) is 7.19. The first-order valence-electron chi connectivity index (χ1n) is 12.3. The van der Waals surface area contributed by atoms with Gasteiger partial charge in [-0.2, -0.15) is 15.3 Å². The number of pyridine rings is 1. The molecule has 2 aromatic carbocycles. The van der Waals surface area contributed by atoms with Gasteiger partial charge in [-0.25, -0.2) is 0 Å². The molecule has 1 fully saturated rings. The SMILES string of the molecule is COc1cc(-c2ccc(-c3ccc(C4CN(C(C)c5ccccn5)C4)nn3)c(O)c2)cc2cn(C)nc12. The average molecular weight is 493 g/mol. The Labute approximate surface area is 215 Å². The Hall–Kier alpha value is -4.30. The van der Waals surface area contributed by atoms with E-state index >= 15 is 0 Å². The zero-order valence-electron chi connectivity index (χ0n) is 21.0. The van der Waals surface area contributed by atoms with Crippen LogP contribution in [0.4, 0.5) is 0 Å². The van der Waals surface area contributed by atoms with Gasteiger partial charge in [0.25, 0.3) is 0 Å². The van der Waals surface area contributed by atoms with Gasteiger partial charge in [0.05, 0.1) is 24.2 Å². The van der Waals surface area contributed by atoms with Crippen molar-refractivity contribution in [2.45, 2.75) is 18.9 Å². The van der Waals surface area contributed by atoms with Gasteiger partial charge in [0.2, 0.25) is 0 Å². The van der Waals surface area contributed by atoms with Crippen molar-refractivity contribution in [1.82, 2.24) is 29.9 Å². The number of hydrogen-bond donors (Lipinski definition) is 1. The summed E-state index contributed by atoms with van der Waals surface area (Å²) in [5.74, 6) is 1.20. The summed E-state index contributed by atoms with van der Waals surface area (Å²) in [5.41, 5.74) is 5.98. The maximum atomic E-state index is 10.9. The normalized spacial score (nSPS) is 15.0. The fraction of sp³-hybridized carbons (Fsp3) is 0.241. The highest BCUT2D eigenvalue weighted by Crippen LogP contribution is 2.37. The van der Waals surface area contributed by atoms with Crippen LogP contribution in [0, 0.1) is 0 Å². The second-order valence-corrected chi connectivity index (χ2v) is 9.58. The van der Waals surface area contributed by atoms with Gasteiger partial charge in [0.15, 0.2) is 0 Å². The Morgan fingerprint density at radius 2 is 1.86 bits per heavy atom. The summed E-state index contributed by atoms with van der Waals surface area (Å²) >= 11 is 0. The molecule has 1 atom stereocenters. The molecule has 186 valence electrons. The Morgan fingerprint density at radius 3 is 2.57 bits per heavy atom. The van der Waals surface area contributed by atoms with Crippen LogP contribution in [0.5, 0.6) is 11.5 Å². The lowest BCUT2D eigenvalue weighted by atomic mass is 9.93. The molecule has 0 radical (unpaired) electrons. The molecule has 1 aliphatic rings. The number of phenolic OH excluding ortho intramolecular Hbond substituents is 1. The monoisotopic (exact) mass is 492 g/mol. The number of benzene rings is 2. The highest BCUT2D eigenvalue weighted by molar-refractivity contribution is 5.90. The van der Waals surface area contributed by atoms with E-state index in [1.54, 1.807) is 17.9 Å². The number of hydrogen-bond acceptors (Lipinski definition) is 7. The first kappa shape index (κ1) is 23.1. The quantitative estimate of drug-likeness (QED) is 0.358. The van der Waals surface area contributed by atoms with Gasteiger partial charge < -0.3 is 9.84 Å². The van der Waals surface area contributed by atoms with Crippen molar-refractivity contribution < 1.29 is 9.84 Å². The first-order valence-corrected chi connectivity index (χ1v) is 12.3. The van der Waals surface area contributed by atoms with Crippen molar-refractivity contribution in [2.24, 2.45) is 7.05 Å². The van der Waals surface area contributed by atoms with Gasteiger partial charge in [0.1, 0.15) is 17.0 Å². The number of nitrogens with zero attached hydrogens (tertiary/aromatic N) is 6. The molecule has 0 spiro atoms. The Bertz CT molecular complexity index is 1560. The van der Waals surface area contributed by atoms with Crippen LogP contribution in [0.3, 0.4) is 0 Å². The summed E-state index contributed by atoms with van der Waals surface area (Å²) in [6.07, 6.45) is 3.79. The van der Waals surface area contributed by atoms with E-state index in [-0.39, 0.29) is 11.8 Å². The van der Waals surface area contributed by atoms with Gasteiger partial charge in [-0.05, 0) is 66.6 Å². The molecular formula is C29H28N6O2. The van der Waals surface area contributed by atoms with E-state index < -0.39 is 0 Å². The summed E-state index contributed by atoms with van der Waals surface area (Å²) in [7, 11) is 3.52. The second-order valence-electron chi connectivity index (χ2n) is 9.58. The topological polar surface area (TPSA) is 89.2 Å². The van der Waals surface area contributed by atoms with Crippen molar-refractivity contribution in [3.63, 3.8) is 0 Å². The summed E-state index contributed by atoms with van der Waals surface area (Å²) in [6, 6.07) is 19.9. The molecule has 8 heteroatoms. The van der Waals surface area contributed by atoms with Crippen molar-refractivity contribution in [3.05, 3.63) is 84.4 Å². The van der Waals surface area contributed by atoms with Crippen molar-refractivity contribution in [3.8, 4) is 33.9 Å². The number of methoxy groups -OCH3 is 1. The van der Waals surface area contributed by atoms with Gasteiger partial charge >= 0.3 is 0 Å². The minimum atomic E-state index is 0.156. The predicted octanol–water partition coefficient (Wildman–Crippen LogP) is 4.97. The van der Waals surface area contributed by atoms with Crippen LogP contribution in [-0.2, 0) is 7.05 Å². The van der Waals surface area contributed by atoms with Gasteiger partial charge in [-0.1, -0.05) is 12.1 Å². The van der Waals surface area contributed by atoms with E-state index in [1.807, 2.05) is 68.0 Å². The number of ether oxygens (including phenoxy) is 1. The summed E-state index contributed by atoms with van der Waals surface area (Å²) in [5, 5.41) is 25.2. The molecule has 0 saturated carbocycles. The van der Waals surface area contributed by atoms with Crippen molar-refractivity contribution in [1.29, 1.82) is 0 Å². The van der Waals surface area contributed by atoms with E-state index in [1.165, 1.54) is 0 Å². The molecule has 37 heavy (non-hydrogen) atoms. The van der Waals surface area contributed by atoms with E-state index in [0.29, 0.717) is 22.9 Å². The number of fused-ring (bicyclic) bond motifs is 1. The predicted molar refractivity (Wildman–Crippen MR) is 142 cm³/mol. The molecule has 4 heterocycles. The van der Waals surface area contributed by atoms with Crippen LogP contribution >= 0.6 is 0 Å². The molecule has 0 bridgehead atoms. The summed E-state index contributed by atoms with van der Waals surface area (Å²) in [4.78, 5) is 6.87. The minimum absolute atomic E-state index is 0.156. The smallest absolute Gasteiger partial charge is 0.147 e. The maximum absolute atomic E-state index is 10.9. The van der Waals surface area contributed by atoms with Crippen LogP contribution in [0.1, 0.15) is 30.3 Å². The van der Waals surface area contributed by atoms with E-state index in [0.717, 1.165) is 46.5 Å². The van der Waals surface area contributed by atoms with Crippen LogP contribution in [-0.4, -0.2) is 55.2 Å². The molecule has 1 saturated heterocycles. The highest BCUT2D eigenvalue weighted by Gasteiger charge is 2.33. The van der Waals surface area contributed by atoms with E-state index in [2.05, 4.69) is 38.2 Å². The fourth-order valence-corrected chi connectivity index (χ4v) is 5.00. The van der Waals surface area contributed by atoms with Gasteiger partial charge in [-0.15, -0.1) is 0 Å². The summed E-state index contributed by atoms with van der Waals surface area (Å²) in [6.45, 7) is 4.04. The van der Waals surface area contributed by atoms with Gasteiger partial charge in [-0.3, -0.25) is 14.6 Å². The standard InChI is InChI=1S/C29H28N6O2/c1-18(24-6-4-5-11-30-24)35-16-22(17-35)25-9-10-26(32-31-25)23-8-7-19(13-27(23)36)20-12-21-15-34(2)33-29(21)28(14-20)37-3/h4-15,18,22,36H,16-17H2,1-3H3. The molecule has 5 aromatic rings. The average Bonchev–Trinajstić information content (AvgIpc) is 3.28. The highest BCUT2D eigenvalue weighted by atomic mass is 16.5. The third-order valence-corrected chi connectivity index (χ3v) is 7.19. The Kier molecular flexibility index (Phi) is 5.81. The zero-order chi connectivity index (χ0) is 25.5. The van der Waals surface area contributed by atoms with Crippen molar-refractivity contribution in [2.75, 3.05) is 20.2 Å². The first-order chi connectivity index (χ1) is 18.0. The maximum Gasteiger partial charge on any atom is 0.147 e. The lowest BCUT2D eigenvalue weighted by molar-refractivity contribution is 0.0960. The molecule has 1 unspecified atom stereocenters. The lowest BCUT2D eigenvalue weighted by Gasteiger charge is -2.42. The molecule has 1 N–H and O–H groups in total. The molecule has 3 aromatic heterocycles. The van der Waals surface area contributed by atoms with Crippen LogP contribution in [0.2, 0.25) is 0 Å². The zero-order valence-corrected chi connectivity index (χ0v) is 21.0. The Balaban J connectivity index is 1.18. The second kappa shape index (κ2) is 9.29. The van der Waals surface area contributed by atoms with Crippen LogP contribution in [0.15, 0.2) is 73.1 Å². The van der Waals surface area contributed by atoms with E-state index in [4.69, 9.17) is 4.74 Å². The number of phenols is 1. The molecule has 1 aliphatic heterocycles. The number of aromatic nitrogens is 5. The number of rotatable bonds is 6. The Morgan fingerprint density at radius 1 is 1.00 bits per heavy atom. The molecule has 6 rings (SSSR count). The van der Waals surface area contributed by atoms with Crippen molar-refractivity contribution >= 4 is 10.9 Å². The molecule has 0 aliphatic carbocycles. The lowest BCUT2D eigenvalue weighted by Crippen LogP contribution is -2.46. The number of aromatic hydroxyl groups is 1. The molecular weight excluding hydrogens is 464 g/mol. The molecule has 0 amide bonds. The van der Waals surface area contributed by atoms with Crippen LogP contribution in [0.25, 0.3) is 33.3 Å². The van der Waals surface area contributed by atoms with E-state index in [9.17, 15) is 5.11 Å². The van der Waals surface area contributed by atoms with Gasteiger partial charge in [0, 0.05) is 55.4 Å². The third kappa shape index (κ3) is 4.29. The minimum Gasteiger partial charge on any atom is -0.507 e. The summed E-state index contributed by atoms with van der Waals surface area (Å²) < 4.78 is 7.32. The number of likely N-dealkylation sites (tertiary alicyclic amines) is 1. The largest absolute Gasteiger partial charge is 0.507 e. The number of aryl methyl sites for hydroxylation is 1. The molecule has 8 nitrogen and oxygen atoms in total.